The molecular weight excluding hydrogens is 255 g/mol. The molecule has 4 heteroatoms. The van der Waals surface area contributed by atoms with Crippen LogP contribution in [0.3, 0.4) is 0 Å². The zero-order chi connectivity index (χ0) is 12.3. The standard InChI is InChI=1S/C13H12Cl2N2/c1-2-3-9-6-7-16-11(8-9)10-4-5-12(14)17-13(10)15/h4-8H,2-3H2,1H3. The van der Waals surface area contributed by atoms with Gasteiger partial charge >= 0.3 is 0 Å². The average Bonchev–Trinajstić information content (AvgIpc) is 2.29. The largest absolute Gasteiger partial charge is 0.256 e. The molecule has 0 saturated heterocycles. The summed E-state index contributed by atoms with van der Waals surface area (Å²) in [6, 6.07) is 7.62. The van der Waals surface area contributed by atoms with Gasteiger partial charge < -0.3 is 0 Å². The Morgan fingerprint density at radius 3 is 2.71 bits per heavy atom. The first kappa shape index (κ1) is 12.3. The molecule has 2 aromatic rings. The minimum absolute atomic E-state index is 0.388. The molecule has 0 unspecified atom stereocenters. The molecule has 0 saturated carbocycles. The maximum absolute atomic E-state index is 6.06. The highest BCUT2D eigenvalue weighted by atomic mass is 35.5. The quantitative estimate of drug-likeness (QED) is 0.770. The maximum atomic E-state index is 6.06. The Labute approximate surface area is 111 Å². The number of nitrogens with zero attached hydrogens (tertiary/aromatic N) is 2. The topological polar surface area (TPSA) is 25.8 Å². The van der Waals surface area contributed by atoms with Gasteiger partial charge in [-0.3, -0.25) is 4.98 Å². The number of halogens is 2. The van der Waals surface area contributed by atoms with Crippen molar-refractivity contribution in [3.05, 3.63) is 46.3 Å². The van der Waals surface area contributed by atoms with Gasteiger partial charge in [-0.15, -0.1) is 0 Å². The van der Waals surface area contributed by atoms with Crippen molar-refractivity contribution in [3.63, 3.8) is 0 Å². The zero-order valence-corrected chi connectivity index (χ0v) is 11.0. The number of hydrogen-bond donors (Lipinski definition) is 0. The highest BCUT2D eigenvalue weighted by Crippen LogP contribution is 2.26. The van der Waals surface area contributed by atoms with Crippen molar-refractivity contribution in [2.75, 3.05) is 0 Å². The van der Waals surface area contributed by atoms with Crippen LogP contribution in [0.2, 0.25) is 10.3 Å². The Bertz CT molecular complexity index is 527. The summed E-state index contributed by atoms with van der Waals surface area (Å²) in [5.41, 5.74) is 2.91. The molecule has 0 spiro atoms. The van der Waals surface area contributed by atoms with Crippen LogP contribution in [-0.4, -0.2) is 9.97 Å². The van der Waals surface area contributed by atoms with E-state index in [4.69, 9.17) is 23.2 Å². The molecule has 0 amide bonds. The fourth-order valence-electron chi connectivity index (χ4n) is 1.67. The van der Waals surface area contributed by atoms with Crippen molar-refractivity contribution in [1.82, 2.24) is 9.97 Å². The van der Waals surface area contributed by atoms with Gasteiger partial charge in [0.05, 0.1) is 5.69 Å². The van der Waals surface area contributed by atoms with Crippen LogP contribution in [0.4, 0.5) is 0 Å². The Kier molecular flexibility index (Phi) is 3.97. The van der Waals surface area contributed by atoms with E-state index in [0.717, 1.165) is 24.1 Å². The molecule has 2 nitrogen and oxygen atoms in total. The zero-order valence-electron chi connectivity index (χ0n) is 9.45. The lowest BCUT2D eigenvalue weighted by Crippen LogP contribution is -1.90. The number of pyridine rings is 2. The Hall–Kier alpha value is -1.12. The minimum atomic E-state index is 0.388. The van der Waals surface area contributed by atoms with Gasteiger partial charge in [0, 0.05) is 11.8 Å². The van der Waals surface area contributed by atoms with E-state index in [2.05, 4.69) is 16.9 Å². The lowest BCUT2D eigenvalue weighted by atomic mass is 10.1. The first-order chi connectivity index (χ1) is 8.20. The molecule has 0 bridgehead atoms. The van der Waals surface area contributed by atoms with Crippen LogP contribution in [0, 0.1) is 0 Å². The summed E-state index contributed by atoms with van der Waals surface area (Å²) in [5, 5.41) is 0.780. The van der Waals surface area contributed by atoms with E-state index in [0.29, 0.717) is 10.3 Å². The number of hydrogen-bond acceptors (Lipinski definition) is 2. The van der Waals surface area contributed by atoms with Crippen molar-refractivity contribution < 1.29 is 0 Å². The number of aryl methyl sites for hydroxylation is 1. The molecule has 0 radical (unpaired) electrons. The molecule has 0 aliphatic carbocycles. The van der Waals surface area contributed by atoms with Crippen LogP contribution < -0.4 is 0 Å². The number of rotatable bonds is 3. The third-order valence-corrected chi connectivity index (χ3v) is 2.95. The SMILES string of the molecule is CCCc1ccnc(-c2ccc(Cl)nc2Cl)c1. The van der Waals surface area contributed by atoms with Gasteiger partial charge in [0.25, 0.3) is 0 Å². The Morgan fingerprint density at radius 1 is 1.18 bits per heavy atom. The van der Waals surface area contributed by atoms with E-state index >= 15 is 0 Å². The average molecular weight is 267 g/mol. The van der Waals surface area contributed by atoms with Gasteiger partial charge in [0.1, 0.15) is 10.3 Å². The second-order valence-electron chi connectivity index (χ2n) is 3.77. The summed E-state index contributed by atoms with van der Waals surface area (Å²) in [6.07, 6.45) is 3.94. The van der Waals surface area contributed by atoms with Gasteiger partial charge in [-0.05, 0) is 36.2 Å². The van der Waals surface area contributed by atoms with Crippen LogP contribution in [-0.2, 0) is 6.42 Å². The van der Waals surface area contributed by atoms with Crippen LogP contribution >= 0.6 is 23.2 Å². The summed E-state index contributed by atoms with van der Waals surface area (Å²) in [5.74, 6) is 0. The normalized spacial score (nSPS) is 10.5. The maximum Gasteiger partial charge on any atom is 0.140 e. The minimum Gasteiger partial charge on any atom is -0.256 e. The van der Waals surface area contributed by atoms with Crippen molar-refractivity contribution >= 4 is 23.2 Å². The molecule has 0 aromatic carbocycles. The summed E-state index contributed by atoms with van der Waals surface area (Å²) in [6.45, 7) is 2.15. The van der Waals surface area contributed by atoms with Crippen LogP contribution in [0.5, 0.6) is 0 Å². The molecule has 0 fully saturated rings. The van der Waals surface area contributed by atoms with Gasteiger partial charge in [0.2, 0.25) is 0 Å². The fourth-order valence-corrected chi connectivity index (χ4v) is 2.11. The molecule has 2 heterocycles. The van der Waals surface area contributed by atoms with Crippen molar-refractivity contribution in [2.45, 2.75) is 19.8 Å². The smallest absolute Gasteiger partial charge is 0.140 e. The third kappa shape index (κ3) is 2.96. The van der Waals surface area contributed by atoms with E-state index in [1.807, 2.05) is 18.2 Å². The highest BCUT2D eigenvalue weighted by molar-refractivity contribution is 6.34. The number of aromatic nitrogens is 2. The summed E-state index contributed by atoms with van der Waals surface area (Å²) >= 11 is 11.8. The van der Waals surface area contributed by atoms with E-state index in [1.54, 1.807) is 12.3 Å². The predicted molar refractivity (Wildman–Crippen MR) is 71.5 cm³/mol. The summed E-state index contributed by atoms with van der Waals surface area (Å²) in [4.78, 5) is 8.33. The van der Waals surface area contributed by atoms with Crippen molar-refractivity contribution in [3.8, 4) is 11.3 Å². The van der Waals surface area contributed by atoms with Gasteiger partial charge in [0.15, 0.2) is 0 Å². The van der Waals surface area contributed by atoms with E-state index < -0.39 is 0 Å². The fraction of sp³-hybridized carbons (Fsp3) is 0.231. The predicted octanol–water partition coefficient (Wildman–Crippen LogP) is 4.40. The van der Waals surface area contributed by atoms with E-state index in [9.17, 15) is 0 Å². The highest BCUT2D eigenvalue weighted by Gasteiger charge is 2.07. The van der Waals surface area contributed by atoms with Crippen LogP contribution in [0.25, 0.3) is 11.3 Å². The Balaban J connectivity index is 2.42. The van der Waals surface area contributed by atoms with Crippen molar-refractivity contribution in [1.29, 1.82) is 0 Å². The molecule has 17 heavy (non-hydrogen) atoms. The molecule has 88 valence electrons. The second-order valence-corrected chi connectivity index (χ2v) is 4.52. The summed E-state index contributed by atoms with van der Waals surface area (Å²) < 4.78 is 0. The Morgan fingerprint density at radius 2 is 2.00 bits per heavy atom. The lowest BCUT2D eigenvalue weighted by molar-refractivity contribution is 0.919. The molecule has 0 aliphatic heterocycles. The van der Waals surface area contributed by atoms with E-state index in [1.165, 1.54) is 5.56 Å². The molecule has 0 atom stereocenters. The molecule has 0 aliphatic rings. The van der Waals surface area contributed by atoms with Crippen LogP contribution in [0.1, 0.15) is 18.9 Å². The molecular formula is C13H12Cl2N2. The molecule has 2 aromatic heterocycles. The summed E-state index contributed by atoms with van der Waals surface area (Å²) in [7, 11) is 0. The van der Waals surface area contributed by atoms with Gasteiger partial charge in [-0.1, -0.05) is 36.5 Å². The van der Waals surface area contributed by atoms with Gasteiger partial charge in [-0.2, -0.15) is 0 Å². The monoisotopic (exact) mass is 266 g/mol. The van der Waals surface area contributed by atoms with E-state index in [-0.39, 0.29) is 0 Å². The first-order valence-corrected chi connectivity index (χ1v) is 6.23. The van der Waals surface area contributed by atoms with Crippen molar-refractivity contribution in [2.24, 2.45) is 0 Å². The molecule has 2 rings (SSSR count). The molecule has 0 N–H and O–H groups in total. The van der Waals surface area contributed by atoms with Gasteiger partial charge in [-0.25, -0.2) is 4.98 Å². The lowest BCUT2D eigenvalue weighted by Gasteiger charge is -2.05. The van der Waals surface area contributed by atoms with Crippen LogP contribution in [0.15, 0.2) is 30.5 Å². The first-order valence-electron chi connectivity index (χ1n) is 5.48. The third-order valence-electron chi connectivity index (χ3n) is 2.45. The second kappa shape index (κ2) is 5.48.